The number of fused-ring (bicyclic) bond motifs is 3. The number of para-hydroxylation sites is 1. The number of hydroxylamine groups is 2. The summed E-state index contributed by atoms with van der Waals surface area (Å²) in [5, 5.41) is 29.4. The van der Waals surface area contributed by atoms with Crippen LogP contribution in [-0.4, -0.2) is 103 Å². The smallest absolute Gasteiger partial charge is 0.255 e. The third kappa shape index (κ3) is 7.76. The number of amides is 2. The minimum atomic E-state index is -0.909. The summed E-state index contributed by atoms with van der Waals surface area (Å²) in [6.45, 7) is 13.3. The molecule has 7 rings (SSSR count). The van der Waals surface area contributed by atoms with Crippen LogP contribution in [-0.2, 0) is 16.2 Å². The lowest BCUT2D eigenvalue weighted by Gasteiger charge is -2.62. The maximum Gasteiger partial charge on any atom is 0.255 e. The molecule has 5 aliphatic rings. The van der Waals surface area contributed by atoms with Crippen LogP contribution < -0.4 is 24.8 Å². The largest absolute Gasteiger partial charge is 0.496 e. The van der Waals surface area contributed by atoms with Crippen LogP contribution in [0.3, 0.4) is 0 Å². The fourth-order valence-electron chi connectivity index (χ4n) is 9.62. The summed E-state index contributed by atoms with van der Waals surface area (Å²) in [7, 11) is 5.57. The highest BCUT2D eigenvalue weighted by Gasteiger charge is 2.57. The Hall–Kier alpha value is -3.42. The van der Waals surface area contributed by atoms with Crippen molar-refractivity contribution in [3.63, 3.8) is 0 Å². The van der Waals surface area contributed by atoms with E-state index in [0.29, 0.717) is 64.2 Å². The highest BCUT2D eigenvalue weighted by atomic mass is 16.7. The van der Waals surface area contributed by atoms with Crippen LogP contribution in [0, 0.1) is 35.0 Å². The molecule has 2 aliphatic heterocycles. The number of ether oxygens (including phenoxy) is 3. The van der Waals surface area contributed by atoms with E-state index in [2.05, 4.69) is 50.2 Å². The van der Waals surface area contributed by atoms with Crippen molar-refractivity contribution in [1.29, 1.82) is 0 Å². The van der Waals surface area contributed by atoms with E-state index < -0.39 is 24.2 Å². The summed E-state index contributed by atoms with van der Waals surface area (Å²) < 4.78 is 17.7. The summed E-state index contributed by atoms with van der Waals surface area (Å²) in [5.74, 6) is 2.14. The standard InChI is InChI=1S/C41H60N4O8/c1-22(2)13-28(19-44(7)8)42-39(48)30-14-26(15-33-38(30)52-21-51-33)29-12-10-11-25(37(29)50-9)18-45-36(35(24(4)47)34(20-46)53-45)40(49)43-32-17-27-16-31(23(32)3)41(27,5)6/h10-12,14-15,22-24,27-28,31-32,34-36,46-47H,13,16-21H2,1-9H3,(H,42,48)(H,43,49)/t23-,24-,27+,28-,31-,32-,34-,35+,36-/m0/s1. The van der Waals surface area contributed by atoms with Gasteiger partial charge in [0.05, 0.1) is 31.9 Å². The van der Waals surface area contributed by atoms with Gasteiger partial charge in [-0.1, -0.05) is 52.8 Å². The third-order valence-corrected chi connectivity index (χ3v) is 12.4. The zero-order valence-electron chi connectivity index (χ0n) is 32.8. The van der Waals surface area contributed by atoms with Gasteiger partial charge in [0.2, 0.25) is 12.7 Å². The van der Waals surface area contributed by atoms with Crippen LogP contribution in [0.1, 0.15) is 76.7 Å². The molecule has 3 aliphatic carbocycles. The number of aliphatic hydroxyl groups is 2. The molecule has 3 saturated carbocycles. The molecule has 12 nitrogen and oxygen atoms in total. The van der Waals surface area contributed by atoms with Crippen LogP contribution in [0.5, 0.6) is 17.2 Å². The van der Waals surface area contributed by atoms with Crippen molar-refractivity contribution >= 4 is 11.8 Å². The van der Waals surface area contributed by atoms with Crippen LogP contribution in [0.2, 0.25) is 0 Å². The molecular weight excluding hydrogens is 676 g/mol. The van der Waals surface area contributed by atoms with Gasteiger partial charge in [0.1, 0.15) is 17.9 Å². The number of aliphatic hydroxyl groups excluding tert-OH is 2. The molecule has 4 N–H and O–H groups in total. The molecule has 53 heavy (non-hydrogen) atoms. The number of hydrogen-bond donors (Lipinski definition) is 4. The highest BCUT2D eigenvalue weighted by molar-refractivity contribution is 6.00. The molecule has 2 bridgehead atoms. The molecule has 2 heterocycles. The SMILES string of the molecule is COc1c(CN2O[C@@H](CO)[C@@H]([C@H](C)O)[C@H]2C(=O)N[C@H]2C[C@H]3C[C@@H]([C@@H]2C)C3(C)C)cccc1-c1cc2c(c(C(=O)N[C@@H](CC(C)C)CN(C)C)c1)OCO2. The first-order valence-corrected chi connectivity index (χ1v) is 19.2. The third-order valence-electron chi connectivity index (χ3n) is 12.4. The summed E-state index contributed by atoms with van der Waals surface area (Å²) in [6.07, 6.45) is 1.27. The lowest BCUT2D eigenvalue weighted by molar-refractivity contribution is -0.183. The lowest BCUT2D eigenvalue weighted by atomic mass is 9.45. The topological polar surface area (TPSA) is 142 Å². The van der Waals surface area contributed by atoms with E-state index in [-0.39, 0.29) is 49.3 Å². The number of carbonyl (C=O) groups excluding carboxylic acids is 2. The minimum Gasteiger partial charge on any atom is -0.496 e. The molecule has 0 aromatic heterocycles. The van der Waals surface area contributed by atoms with Gasteiger partial charge in [0.25, 0.3) is 5.91 Å². The zero-order chi connectivity index (χ0) is 38.4. The molecule has 2 aromatic carbocycles. The van der Waals surface area contributed by atoms with Gasteiger partial charge >= 0.3 is 0 Å². The number of benzene rings is 2. The van der Waals surface area contributed by atoms with E-state index in [1.807, 2.05) is 38.4 Å². The molecule has 12 heteroatoms. The van der Waals surface area contributed by atoms with Gasteiger partial charge < -0.3 is 40.0 Å². The van der Waals surface area contributed by atoms with Crippen LogP contribution >= 0.6 is 0 Å². The minimum absolute atomic E-state index is 0.00823. The Bertz CT molecular complexity index is 1640. The van der Waals surface area contributed by atoms with E-state index in [1.54, 1.807) is 25.2 Å². The first kappa shape index (κ1) is 39.3. The predicted molar refractivity (Wildman–Crippen MR) is 201 cm³/mol. The number of rotatable bonds is 14. The van der Waals surface area contributed by atoms with Gasteiger partial charge in [0.15, 0.2) is 11.5 Å². The number of methoxy groups -OCH3 is 1. The van der Waals surface area contributed by atoms with Crippen molar-refractivity contribution in [2.45, 2.75) is 97.7 Å². The normalized spacial score (nSPS) is 28.4. The van der Waals surface area contributed by atoms with Crippen molar-refractivity contribution in [1.82, 2.24) is 20.6 Å². The molecular formula is C41H60N4O8. The zero-order valence-corrected chi connectivity index (χ0v) is 32.8. The molecule has 1 saturated heterocycles. The van der Waals surface area contributed by atoms with E-state index >= 15 is 0 Å². The molecule has 0 spiro atoms. The first-order chi connectivity index (χ1) is 25.1. The highest BCUT2D eigenvalue weighted by Crippen LogP contribution is 2.61. The maximum atomic E-state index is 14.2. The summed E-state index contributed by atoms with van der Waals surface area (Å²) in [6, 6.07) is 8.48. The van der Waals surface area contributed by atoms with Crippen LogP contribution in [0.4, 0.5) is 0 Å². The average Bonchev–Trinajstić information content (AvgIpc) is 3.72. The Kier molecular flexibility index (Phi) is 11.7. The molecule has 9 atom stereocenters. The van der Waals surface area contributed by atoms with Crippen LogP contribution in [0.15, 0.2) is 30.3 Å². The summed E-state index contributed by atoms with van der Waals surface area (Å²) in [4.78, 5) is 36.4. The average molecular weight is 737 g/mol. The number of carbonyl (C=O) groups is 2. The summed E-state index contributed by atoms with van der Waals surface area (Å²) >= 11 is 0. The number of likely N-dealkylation sites (N-methyl/N-ethyl adjacent to an activating group) is 1. The fraction of sp³-hybridized carbons (Fsp3) is 0.659. The lowest BCUT2D eigenvalue weighted by Crippen LogP contribution is -2.62. The molecule has 292 valence electrons. The van der Waals surface area contributed by atoms with Crippen molar-refractivity contribution in [2.75, 3.05) is 41.1 Å². The molecule has 4 fully saturated rings. The Morgan fingerprint density at radius 1 is 1.13 bits per heavy atom. The molecule has 2 aromatic rings. The van der Waals surface area contributed by atoms with Gasteiger partial charge in [-0.05, 0) is 87.1 Å². The monoisotopic (exact) mass is 736 g/mol. The Morgan fingerprint density at radius 2 is 1.89 bits per heavy atom. The van der Waals surface area contributed by atoms with E-state index in [0.717, 1.165) is 18.4 Å². The van der Waals surface area contributed by atoms with Crippen molar-refractivity contribution in [3.8, 4) is 28.4 Å². The fourth-order valence-corrected chi connectivity index (χ4v) is 9.62. The molecule has 0 radical (unpaired) electrons. The predicted octanol–water partition coefficient (Wildman–Crippen LogP) is 4.46. The quantitative estimate of drug-likeness (QED) is 0.220. The first-order valence-electron chi connectivity index (χ1n) is 19.2. The van der Waals surface area contributed by atoms with E-state index in [1.165, 1.54) is 6.42 Å². The van der Waals surface area contributed by atoms with Crippen molar-refractivity contribution < 1.29 is 38.9 Å². The van der Waals surface area contributed by atoms with Gasteiger partial charge in [-0.25, -0.2) is 0 Å². The van der Waals surface area contributed by atoms with Crippen molar-refractivity contribution in [2.24, 2.45) is 35.0 Å². The van der Waals surface area contributed by atoms with Crippen LogP contribution in [0.25, 0.3) is 11.1 Å². The number of nitrogens with one attached hydrogen (secondary N) is 2. The molecule has 2 amide bonds. The Balaban J connectivity index is 1.29. The Labute approximate surface area is 314 Å². The van der Waals surface area contributed by atoms with Gasteiger partial charge in [-0.2, -0.15) is 5.06 Å². The summed E-state index contributed by atoms with van der Waals surface area (Å²) in [5.41, 5.74) is 2.79. The van der Waals surface area contributed by atoms with E-state index in [4.69, 9.17) is 19.0 Å². The van der Waals surface area contributed by atoms with Gasteiger partial charge in [0, 0.05) is 35.7 Å². The second kappa shape index (κ2) is 15.7. The second-order valence-corrected chi connectivity index (χ2v) is 17.1. The Morgan fingerprint density at radius 3 is 2.51 bits per heavy atom. The number of hydrogen-bond acceptors (Lipinski definition) is 10. The number of nitrogens with zero attached hydrogens (tertiary/aromatic N) is 2. The molecule has 0 unspecified atom stereocenters. The second-order valence-electron chi connectivity index (χ2n) is 17.1. The van der Waals surface area contributed by atoms with Gasteiger partial charge in [-0.15, -0.1) is 0 Å². The van der Waals surface area contributed by atoms with Crippen molar-refractivity contribution in [3.05, 3.63) is 41.5 Å². The maximum absolute atomic E-state index is 14.2. The van der Waals surface area contributed by atoms with E-state index in [9.17, 15) is 19.8 Å². The van der Waals surface area contributed by atoms with Gasteiger partial charge in [-0.3, -0.25) is 14.4 Å².